The summed E-state index contributed by atoms with van der Waals surface area (Å²) >= 11 is 0. The van der Waals surface area contributed by atoms with Gasteiger partial charge in [0, 0.05) is 18.4 Å². The van der Waals surface area contributed by atoms with E-state index in [9.17, 15) is 0 Å². The zero-order valence-corrected chi connectivity index (χ0v) is 10.8. The lowest BCUT2D eigenvalue weighted by atomic mass is 10.0. The highest BCUT2D eigenvalue weighted by atomic mass is 15.0. The molecule has 1 rings (SSSR count). The fourth-order valence-corrected chi connectivity index (χ4v) is 2.23. The third-order valence-electron chi connectivity index (χ3n) is 3.20. The van der Waals surface area contributed by atoms with Crippen LogP contribution in [-0.4, -0.2) is 4.57 Å². The number of hydrogen-bond acceptors (Lipinski definition) is 0. The average molecular weight is 207 g/mol. The van der Waals surface area contributed by atoms with E-state index in [4.69, 9.17) is 0 Å². The highest BCUT2D eigenvalue weighted by molar-refractivity contribution is 5.31. The molecule has 0 spiro atoms. The predicted octanol–water partition coefficient (Wildman–Crippen LogP) is 4.11. The molecule has 0 aliphatic rings. The fourth-order valence-electron chi connectivity index (χ4n) is 2.23. The molecule has 0 aliphatic heterocycles. The summed E-state index contributed by atoms with van der Waals surface area (Å²) in [6, 6.07) is 0. The molecular formula is C14H25N. The van der Waals surface area contributed by atoms with Gasteiger partial charge in [-0.15, -0.1) is 0 Å². The van der Waals surface area contributed by atoms with Crippen LogP contribution in [0.25, 0.3) is 0 Å². The Hall–Kier alpha value is -0.720. The lowest BCUT2D eigenvalue weighted by Gasteiger charge is -2.06. The van der Waals surface area contributed by atoms with Crippen molar-refractivity contribution in [3.05, 3.63) is 23.0 Å². The molecule has 0 aromatic carbocycles. The first-order chi connectivity index (χ1) is 7.24. The van der Waals surface area contributed by atoms with Crippen LogP contribution in [0.5, 0.6) is 0 Å². The molecule has 0 aliphatic carbocycles. The van der Waals surface area contributed by atoms with Crippen LogP contribution >= 0.6 is 0 Å². The van der Waals surface area contributed by atoms with E-state index in [-0.39, 0.29) is 0 Å². The summed E-state index contributed by atoms with van der Waals surface area (Å²) in [7, 11) is 0. The van der Waals surface area contributed by atoms with E-state index in [0.717, 1.165) is 0 Å². The molecule has 1 heterocycles. The van der Waals surface area contributed by atoms with Gasteiger partial charge in [-0.2, -0.15) is 0 Å². The molecular weight excluding hydrogens is 182 g/mol. The maximum atomic E-state index is 2.45. The van der Waals surface area contributed by atoms with Crippen molar-refractivity contribution in [1.29, 1.82) is 0 Å². The quantitative estimate of drug-likeness (QED) is 0.661. The van der Waals surface area contributed by atoms with Crippen LogP contribution in [0.4, 0.5) is 0 Å². The second kappa shape index (κ2) is 5.99. The average Bonchev–Trinajstić information content (AvgIpc) is 2.54. The molecule has 1 nitrogen and oxygen atoms in total. The van der Waals surface area contributed by atoms with Gasteiger partial charge in [0.15, 0.2) is 0 Å². The van der Waals surface area contributed by atoms with Crippen LogP contribution in [0.2, 0.25) is 0 Å². The third-order valence-corrected chi connectivity index (χ3v) is 3.20. The normalized spacial score (nSPS) is 10.9. The van der Waals surface area contributed by atoms with Gasteiger partial charge >= 0.3 is 0 Å². The molecule has 15 heavy (non-hydrogen) atoms. The number of aromatic nitrogens is 1. The van der Waals surface area contributed by atoms with Crippen molar-refractivity contribution in [2.75, 3.05) is 0 Å². The SMILES string of the molecule is CCCCn1cc(CC)c(CCC)c1C. The topological polar surface area (TPSA) is 4.93 Å². The fraction of sp³-hybridized carbons (Fsp3) is 0.714. The Balaban J connectivity index is 2.88. The van der Waals surface area contributed by atoms with Crippen molar-refractivity contribution in [1.82, 2.24) is 4.57 Å². The van der Waals surface area contributed by atoms with E-state index in [1.807, 2.05) is 0 Å². The van der Waals surface area contributed by atoms with E-state index in [1.54, 1.807) is 11.1 Å². The summed E-state index contributed by atoms with van der Waals surface area (Å²) in [5, 5.41) is 0. The van der Waals surface area contributed by atoms with Gasteiger partial charge < -0.3 is 4.57 Å². The molecule has 0 unspecified atom stereocenters. The molecule has 86 valence electrons. The van der Waals surface area contributed by atoms with Crippen molar-refractivity contribution in [3.63, 3.8) is 0 Å². The predicted molar refractivity (Wildman–Crippen MR) is 67.5 cm³/mol. The van der Waals surface area contributed by atoms with Gasteiger partial charge in [-0.3, -0.25) is 0 Å². The minimum absolute atomic E-state index is 1.18. The van der Waals surface area contributed by atoms with Crippen LogP contribution in [0.1, 0.15) is 56.9 Å². The van der Waals surface area contributed by atoms with Crippen molar-refractivity contribution < 1.29 is 0 Å². The highest BCUT2D eigenvalue weighted by Gasteiger charge is 2.09. The first kappa shape index (κ1) is 12.4. The summed E-state index contributed by atoms with van der Waals surface area (Å²) in [5.74, 6) is 0. The van der Waals surface area contributed by atoms with E-state index in [0.29, 0.717) is 0 Å². The van der Waals surface area contributed by atoms with E-state index >= 15 is 0 Å². The number of rotatable bonds is 6. The lowest BCUT2D eigenvalue weighted by molar-refractivity contribution is 0.619. The maximum Gasteiger partial charge on any atom is 0.0222 e. The van der Waals surface area contributed by atoms with E-state index in [1.165, 1.54) is 44.3 Å². The number of hydrogen-bond donors (Lipinski definition) is 0. The van der Waals surface area contributed by atoms with Crippen LogP contribution in [0.15, 0.2) is 6.20 Å². The second-order valence-corrected chi connectivity index (χ2v) is 4.37. The molecule has 1 heteroatoms. The van der Waals surface area contributed by atoms with Gasteiger partial charge in [0.25, 0.3) is 0 Å². The standard InChI is InChI=1S/C14H25N/c1-5-8-10-15-11-13(7-3)14(9-6-2)12(15)4/h11H,5-10H2,1-4H3. The molecule has 0 saturated heterocycles. The van der Waals surface area contributed by atoms with Gasteiger partial charge in [0.2, 0.25) is 0 Å². The minimum atomic E-state index is 1.18. The van der Waals surface area contributed by atoms with Crippen LogP contribution in [0.3, 0.4) is 0 Å². The molecule has 0 bridgehead atoms. The van der Waals surface area contributed by atoms with Crippen molar-refractivity contribution in [3.8, 4) is 0 Å². The number of nitrogens with zero attached hydrogens (tertiary/aromatic N) is 1. The summed E-state index contributed by atoms with van der Waals surface area (Å²) < 4.78 is 2.45. The van der Waals surface area contributed by atoms with Gasteiger partial charge in [0.1, 0.15) is 0 Å². The van der Waals surface area contributed by atoms with Crippen molar-refractivity contribution >= 4 is 0 Å². The third kappa shape index (κ3) is 2.87. The number of aryl methyl sites for hydroxylation is 2. The lowest BCUT2D eigenvalue weighted by Crippen LogP contribution is -1.99. The van der Waals surface area contributed by atoms with Gasteiger partial charge in [-0.25, -0.2) is 0 Å². The Morgan fingerprint density at radius 1 is 1.13 bits per heavy atom. The van der Waals surface area contributed by atoms with Gasteiger partial charge in [-0.05, 0) is 37.3 Å². The molecule has 0 N–H and O–H groups in total. The molecule has 1 aromatic heterocycles. The van der Waals surface area contributed by atoms with Crippen molar-refractivity contribution in [2.24, 2.45) is 0 Å². The van der Waals surface area contributed by atoms with Crippen molar-refractivity contribution in [2.45, 2.75) is 66.3 Å². The Labute approximate surface area is 94.5 Å². The largest absolute Gasteiger partial charge is 0.351 e. The highest BCUT2D eigenvalue weighted by Crippen LogP contribution is 2.20. The first-order valence-corrected chi connectivity index (χ1v) is 6.42. The van der Waals surface area contributed by atoms with Crippen LogP contribution < -0.4 is 0 Å². The summed E-state index contributed by atoms with van der Waals surface area (Å²) in [4.78, 5) is 0. The smallest absolute Gasteiger partial charge is 0.0222 e. The first-order valence-electron chi connectivity index (χ1n) is 6.42. The molecule has 0 saturated carbocycles. The molecule has 0 fully saturated rings. The van der Waals surface area contributed by atoms with Gasteiger partial charge in [-0.1, -0.05) is 33.6 Å². The Morgan fingerprint density at radius 2 is 1.87 bits per heavy atom. The van der Waals surface area contributed by atoms with E-state index < -0.39 is 0 Å². The zero-order valence-electron chi connectivity index (χ0n) is 10.8. The Bertz CT molecular complexity index is 297. The van der Waals surface area contributed by atoms with Gasteiger partial charge in [0.05, 0.1) is 0 Å². The molecule has 1 aromatic rings. The Kier molecular flexibility index (Phi) is 4.93. The maximum absolute atomic E-state index is 2.45. The second-order valence-electron chi connectivity index (χ2n) is 4.37. The molecule has 0 radical (unpaired) electrons. The Morgan fingerprint density at radius 3 is 2.40 bits per heavy atom. The summed E-state index contributed by atoms with van der Waals surface area (Å²) in [6.45, 7) is 10.3. The molecule has 0 amide bonds. The number of unbranched alkanes of at least 4 members (excludes halogenated alkanes) is 1. The molecule has 0 atom stereocenters. The minimum Gasteiger partial charge on any atom is -0.351 e. The van der Waals surface area contributed by atoms with Crippen LogP contribution in [0, 0.1) is 6.92 Å². The van der Waals surface area contributed by atoms with E-state index in [2.05, 4.69) is 38.5 Å². The monoisotopic (exact) mass is 207 g/mol. The summed E-state index contributed by atoms with van der Waals surface area (Å²) in [5.41, 5.74) is 4.67. The zero-order chi connectivity index (χ0) is 11.3. The van der Waals surface area contributed by atoms with Crippen LogP contribution in [-0.2, 0) is 19.4 Å². The summed E-state index contributed by atoms with van der Waals surface area (Å²) in [6.07, 6.45) is 8.62.